The highest BCUT2D eigenvalue weighted by Crippen LogP contribution is 2.36. The standard InChI is InChI=1S/C13H21NO3/c1-4-5-9(3)14-12(15)10-6-8(2)7-11(10)13(16)17/h4,8-11H,1,5-7H2,2-3H3,(H,14,15)(H,16,17)/t8?,9?,10-,11+/m0/s1. The minimum atomic E-state index is -0.856. The molecule has 0 aromatic rings. The lowest BCUT2D eigenvalue weighted by Gasteiger charge is -2.18. The van der Waals surface area contributed by atoms with Gasteiger partial charge in [-0.2, -0.15) is 0 Å². The third-order valence-corrected chi connectivity index (χ3v) is 3.36. The minimum absolute atomic E-state index is 0.0188. The summed E-state index contributed by atoms with van der Waals surface area (Å²) in [5, 5.41) is 11.9. The van der Waals surface area contributed by atoms with Crippen molar-refractivity contribution >= 4 is 11.9 Å². The van der Waals surface area contributed by atoms with E-state index in [1.807, 2.05) is 13.8 Å². The number of carbonyl (C=O) groups is 2. The van der Waals surface area contributed by atoms with Crippen molar-refractivity contribution in [2.45, 2.75) is 39.2 Å². The molecule has 0 bridgehead atoms. The second kappa shape index (κ2) is 5.84. The summed E-state index contributed by atoms with van der Waals surface area (Å²) in [6.45, 7) is 7.51. The van der Waals surface area contributed by atoms with Gasteiger partial charge in [0.25, 0.3) is 0 Å². The van der Waals surface area contributed by atoms with E-state index in [0.717, 1.165) is 0 Å². The van der Waals surface area contributed by atoms with Crippen LogP contribution in [0.15, 0.2) is 12.7 Å². The average Bonchev–Trinajstić information content (AvgIpc) is 2.60. The Bertz CT molecular complexity index is 314. The number of aliphatic carboxylic acids is 1. The Labute approximate surface area is 102 Å². The first-order chi connectivity index (χ1) is 7.95. The molecule has 1 amide bonds. The lowest BCUT2D eigenvalue weighted by molar-refractivity contribution is -0.146. The molecule has 17 heavy (non-hydrogen) atoms. The molecule has 1 rings (SSSR count). The van der Waals surface area contributed by atoms with Crippen molar-refractivity contribution in [1.82, 2.24) is 5.32 Å². The van der Waals surface area contributed by atoms with Crippen LogP contribution >= 0.6 is 0 Å². The summed E-state index contributed by atoms with van der Waals surface area (Å²) in [4.78, 5) is 23.1. The van der Waals surface area contributed by atoms with Crippen LogP contribution in [0, 0.1) is 17.8 Å². The fraction of sp³-hybridized carbons (Fsp3) is 0.692. The Morgan fingerprint density at radius 3 is 2.59 bits per heavy atom. The zero-order valence-electron chi connectivity index (χ0n) is 10.5. The van der Waals surface area contributed by atoms with Gasteiger partial charge in [-0.1, -0.05) is 13.0 Å². The van der Waals surface area contributed by atoms with Crippen LogP contribution in [0.4, 0.5) is 0 Å². The molecular weight excluding hydrogens is 218 g/mol. The van der Waals surface area contributed by atoms with Crippen LogP contribution in [0.3, 0.4) is 0 Å². The van der Waals surface area contributed by atoms with E-state index in [1.165, 1.54) is 0 Å². The molecule has 4 nitrogen and oxygen atoms in total. The smallest absolute Gasteiger partial charge is 0.307 e. The summed E-state index contributed by atoms with van der Waals surface area (Å²) in [6, 6.07) is 0.0188. The van der Waals surface area contributed by atoms with Gasteiger partial charge < -0.3 is 10.4 Å². The number of carboxylic acid groups (broad SMARTS) is 1. The molecule has 1 fully saturated rings. The van der Waals surface area contributed by atoms with E-state index in [-0.39, 0.29) is 17.9 Å². The van der Waals surface area contributed by atoms with Crippen molar-refractivity contribution in [3.63, 3.8) is 0 Å². The zero-order chi connectivity index (χ0) is 13.0. The molecule has 0 heterocycles. The molecule has 0 aromatic heterocycles. The molecule has 0 spiro atoms. The molecule has 0 saturated heterocycles. The van der Waals surface area contributed by atoms with Gasteiger partial charge in [0.15, 0.2) is 0 Å². The number of rotatable bonds is 5. The van der Waals surface area contributed by atoms with Crippen LogP contribution < -0.4 is 5.32 Å². The predicted molar refractivity (Wildman–Crippen MR) is 65.4 cm³/mol. The normalized spacial score (nSPS) is 29.6. The first-order valence-electron chi connectivity index (χ1n) is 6.09. The highest BCUT2D eigenvalue weighted by Gasteiger charge is 2.41. The maximum Gasteiger partial charge on any atom is 0.307 e. The van der Waals surface area contributed by atoms with E-state index >= 15 is 0 Å². The zero-order valence-corrected chi connectivity index (χ0v) is 10.5. The molecule has 0 radical (unpaired) electrons. The van der Waals surface area contributed by atoms with Gasteiger partial charge in [0.1, 0.15) is 0 Å². The Balaban J connectivity index is 2.61. The van der Waals surface area contributed by atoms with Crippen molar-refractivity contribution in [3.05, 3.63) is 12.7 Å². The SMILES string of the molecule is C=CCC(C)NC(=O)[C@H]1CC(C)C[C@H]1C(=O)O. The maximum atomic E-state index is 12.0. The van der Waals surface area contributed by atoms with Gasteiger partial charge in [-0.05, 0) is 32.1 Å². The van der Waals surface area contributed by atoms with E-state index < -0.39 is 11.9 Å². The number of hydrogen-bond donors (Lipinski definition) is 2. The molecule has 2 N–H and O–H groups in total. The quantitative estimate of drug-likeness (QED) is 0.719. The second-order valence-corrected chi connectivity index (χ2v) is 5.06. The maximum absolute atomic E-state index is 12.0. The molecule has 1 saturated carbocycles. The highest BCUT2D eigenvalue weighted by atomic mass is 16.4. The molecule has 4 atom stereocenters. The van der Waals surface area contributed by atoms with E-state index in [0.29, 0.717) is 25.2 Å². The van der Waals surface area contributed by atoms with Crippen LogP contribution in [-0.2, 0) is 9.59 Å². The van der Waals surface area contributed by atoms with Gasteiger partial charge in [-0.15, -0.1) is 6.58 Å². The monoisotopic (exact) mass is 239 g/mol. The van der Waals surface area contributed by atoms with E-state index in [2.05, 4.69) is 11.9 Å². The molecular formula is C13H21NO3. The first kappa shape index (κ1) is 13.7. The van der Waals surface area contributed by atoms with Crippen LogP contribution in [-0.4, -0.2) is 23.0 Å². The van der Waals surface area contributed by atoms with E-state index in [9.17, 15) is 9.59 Å². The van der Waals surface area contributed by atoms with Gasteiger partial charge in [0.2, 0.25) is 5.91 Å². The summed E-state index contributed by atoms with van der Waals surface area (Å²) < 4.78 is 0. The van der Waals surface area contributed by atoms with Crippen LogP contribution in [0.1, 0.15) is 33.1 Å². The van der Waals surface area contributed by atoms with Gasteiger partial charge in [0.05, 0.1) is 11.8 Å². The third-order valence-electron chi connectivity index (χ3n) is 3.36. The second-order valence-electron chi connectivity index (χ2n) is 5.06. The predicted octanol–water partition coefficient (Wildman–Crippen LogP) is 1.81. The molecule has 0 aromatic carbocycles. The van der Waals surface area contributed by atoms with Gasteiger partial charge in [0, 0.05) is 6.04 Å². The van der Waals surface area contributed by atoms with Gasteiger partial charge >= 0.3 is 5.97 Å². The summed E-state index contributed by atoms with van der Waals surface area (Å²) in [5.74, 6) is -1.58. The van der Waals surface area contributed by atoms with Crippen molar-refractivity contribution in [1.29, 1.82) is 0 Å². The average molecular weight is 239 g/mol. The number of nitrogens with one attached hydrogen (secondary N) is 1. The van der Waals surface area contributed by atoms with Gasteiger partial charge in [-0.25, -0.2) is 0 Å². The van der Waals surface area contributed by atoms with Crippen LogP contribution in [0.5, 0.6) is 0 Å². The highest BCUT2D eigenvalue weighted by molar-refractivity contribution is 5.85. The number of amides is 1. The number of carboxylic acids is 1. The van der Waals surface area contributed by atoms with Crippen molar-refractivity contribution < 1.29 is 14.7 Å². The molecule has 4 heteroatoms. The molecule has 96 valence electrons. The lowest BCUT2D eigenvalue weighted by Crippen LogP contribution is -2.39. The molecule has 1 aliphatic carbocycles. The van der Waals surface area contributed by atoms with Gasteiger partial charge in [-0.3, -0.25) is 9.59 Å². The van der Waals surface area contributed by atoms with Crippen molar-refractivity contribution in [2.75, 3.05) is 0 Å². The summed E-state index contributed by atoms with van der Waals surface area (Å²) in [6.07, 6.45) is 3.72. The topological polar surface area (TPSA) is 66.4 Å². The van der Waals surface area contributed by atoms with E-state index in [1.54, 1.807) is 6.08 Å². The molecule has 0 aliphatic heterocycles. The summed E-state index contributed by atoms with van der Waals surface area (Å²) in [7, 11) is 0. The van der Waals surface area contributed by atoms with Crippen molar-refractivity contribution in [2.24, 2.45) is 17.8 Å². The van der Waals surface area contributed by atoms with Crippen molar-refractivity contribution in [3.8, 4) is 0 Å². The number of carbonyl (C=O) groups excluding carboxylic acids is 1. The summed E-state index contributed by atoms with van der Waals surface area (Å²) in [5.41, 5.74) is 0. The van der Waals surface area contributed by atoms with Crippen LogP contribution in [0.2, 0.25) is 0 Å². The Kier molecular flexibility index (Phi) is 4.73. The Hall–Kier alpha value is -1.32. The molecule has 2 unspecified atom stereocenters. The first-order valence-corrected chi connectivity index (χ1v) is 6.09. The lowest BCUT2D eigenvalue weighted by atomic mass is 9.95. The minimum Gasteiger partial charge on any atom is -0.481 e. The van der Waals surface area contributed by atoms with E-state index in [4.69, 9.17) is 5.11 Å². The largest absolute Gasteiger partial charge is 0.481 e. The Morgan fingerprint density at radius 2 is 2.06 bits per heavy atom. The Morgan fingerprint density at radius 1 is 1.47 bits per heavy atom. The summed E-state index contributed by atoms with van der Waals surface area (Å²) >= 11 is 0. The third kappa shape index (κ3) is 3.58. The number of hydrogen-bond acceptors (Lipinski definition) is 2. The fourth-order valence-corrected chi connectivity index (χ4v) is 2.51. The van der Waals surface area contributed by atoms with Crippen LogP contribution in [0.25, 0.3) is 0 Å². The fourth-order valence-electron chi connectivity index (χ4n) is 2.51. The molecule has 1 aliphatic rings.